The summed E-state index contributed by atoms with van der Waals surface area (Å²) >= 11 is 7.23. The molecule has 0 fully saturated rings. The SMILES string of the molecule is C=CC(O)[C@H]1COc2c(F)ccc(F)c2[C@@H]1Sc1ccc(Cl)cc1. The van der Waals surface area contributed by atoms with E-state index in [1.54, 1.807) is 24.3 Å². The monoisotopic (exact) mass is 368 g/mol. The molecule has 2 aromatic rings. The van der Waals surface area contributed by atoms with Gasteiger partial charge in [-0.25, -0.2) is 8.78 Å². The quantitative estimate of drug-likeness (QED) is 0.769. The lowest BCUT2D eigenvalue weighted by Crippen LogP contribution is -2.34. The van der Waals surface area contributed by atoms with E-state index in [1.165, 1.54) is 17.8 Å². The summed E-state index contributed by atoms with van der Waals surface area (Å²) in [5.41, 5.74) is 0.132. The zero-order chi connectivity index (χ0) is 17.3. The second-order valence-corrected chi connectivity index (χ2v) is 7.12. The summed E-state index contributed by atoms with van der Waals surface area (Å²) in [4.78, 5) is 0.835. The van der Waals surface area contributed by atoms with Gasteiger partial charge in [-0.2, -0.15) is 0 Å². The predicted molar refractivity (Wildman–Crippen MR) is 91.6 cm³/mol. The third kappa shape index (κ3) is 3.29. The summed E-state index contributed by atoms with van der Waals surface area (Å²) < 4.78 is 33.8. The number of fused-ring (bicyclic) bond motifs is 1. The highest BCUT2D eigenvalue weighted by Crippen LogP contribution is 2.50. The van der Waals surface area contributed by atoms with Crippen LogP contribution in [0, 0.1) is 17.6 Å². The van der Waals surface area contributed by atoms with Gasteiger partial charge in [-0.1, -0.05) is 17.7 Å². The van der Waals surface area contributed by atoms with Gasteiger partial charge < -0.3 is 9.84 Å². The average molecular weight is 369 g/mol. The summed E-state index contributed by atoms with van der Waals surface area (Å²) in [7, 11) is 0. The van der Waals surface area contributed by atoms with E-state index in [1.807, 2.05) is 0 Å². The van der Waals surface area contributed by atoms with Crippen LogP contribution < -0.4 is 4.74 Å². The van der Waals surface area contributed by atoms with Gasteiger partial charge in [0.05, 0.1) is 12.7 Å². The van der Waals surface area contributed by atoms with Crippen molar-refractivity contribution in [2.24, 2.45) is 5.92 Å². The molecule has 126 valence electrons. The van der Waals surface area contributed by atoms with Crippen molar-refractivity contribution in [1.29, 1.82) is 0 Å². The lowest BCUT2D eigenvalue weighted by atomic mass is 9.91. The van der Waals surface area contributed by atoms with Crippen molar-refractivity contribution in [3.63, 3.8) is 0 Å². The van der Waals surface area contributed by atoms with Crippen LogP contribution in [0.2, 0.25) is 5.02 Å². The van der Waals surface area contributed by atoms with Gasteiger partial charge in [0.2, 0.25) is 0 Å². The zero-order valence-electron chi connectivity index (χ0n) is 12.6. The molecule has 0 aliphatic carbocycles. The first-order valence-corrected chi connectivity index (χ1v) is 8.60. The van der Waals surface area contributed by atoms with Gasteiger partial charge in [-0.3, -0.25) is 0 Å². The van der Waals surface area contributed by atoms with Crippen LogP contribution in [0.1, 0.15) is 10.8 Å². The van der Waals surface area contributed by atoms with E-state index in [2.05, 4.69) is 6.58 Å². The number of aliphatic hydroxyl groups is 1. The number of hydrogen-bond donors (Lipinski definition) is 1. The first kappa shape index (κ1) is 17.3. The molecule has 1 N–H and O–H groups in total. The molecule has 24 heavy (non-hydrogen) atoms. The Hall–Kier alpha value is -1.56. The van der Waals surface area contributed by atoms with Crippen molar-refractivity contribution in [1.82, 2.24) is 0 Å². The van der Waals surface area contributed by atoms with Crippen molar-refractivity contribution >= 4 is 23.4 Å². The molecule has 1 aliphatic rings. The molecule has 1 unspecified atom stereocenters. The molecule has 1 heterocycles. The Bertz CT molecular complexity index is 751. The smallest absolute Gasteiger partial charge is 0.165 e. The number of rotatable bonds is 4. The van der Waals surface area contributed by atoms with Gasteiger partial charge in [0.15, 0.2) is 11.6 Å². The molecule has 3 atom stereocenters. The lowest BCUT2D eigenvalue weighted by molar-refractivity contribution is 0.0920. The van der Waals surface area contributed by atoms with Crippen molar-refractivity contribution in [3.8, 4) is 5.75 Å². The van der Waals surface area contributed by atoms with Gasteiger partial charge in [-0.05, 0) is 36.4 Å². The van der Waals surface area contributed by atoms with E-state index in [0.717, 1.165) is 17.0 Å². The largest absolute Gasteiger partial charge is 0.490 e. The standard InChI is InChI=1S/C18H15ClF2O2S/c1-2-15(22)12-9-23-17-14(21)8-7-13(20)16(17)18(12)24-11-5-3-10(19)4-6-11/h2-8,12,15,18,22H,1,9H2/t12-,15?,18-/m1/s1. The molecule has 0 radical (unpaired) electrons. The fourth-order valence-electron chi connectivity index (χ4n) is 2.70. The summed E-state index contributed by atoms with van der Waals surface area (Å²) in [5.74, 6) is -1.71. The van der Waals surface area contributed by atoms with Crippen molar-refractivity contribution in [2.75, 3.05) is 6.61 Å². The molecule has 2 nitrogen and oxygen atoms in total. The summed E-state index contributed by atoms with van der Waals surface area (Å²) in [6, 6.07) is 9.18. The van der Waals surface area contributed by atoms with E-state index in [0.29, 0.717) is 5.02 Å². The third-order valence-electron chi connectivity index (χ3n) is 3.95. The molecule has 0 spiro atoms. The molecule has 2 aromatic carbocycles. The summed E-state index contributed by atoms with van der Waals surface area (Å²) in [6.45, 7) is 3.66. The van der Waals surface area contributed by atoms with E-state index in [-0.39, 0.29) is 17.9 Å². The summed E-state index contributed by atoms with van der Waals surface area (Å²) in [6.07, 6.45) is 0.483. The minimum atomic E-state index is -0.898. The minimum Gasteiger partial charge on any atom is -0.490 e. The predicted octanol–water partition coefficient (Wildman–Crippen LogP) is 5.01. The number of thioether (sulfide) groups is 1. The zero-order valence-corrected chi connectivity index (χ0v) is 14.2. The highest BCUT2D eigenvalue weighted by Gasteiger charge is 2.38. The van der Waals surface area contributed by atoms with Crippen LogP contribution in [-0.2, 0) is 0 Å². The fraction of sp³-hybridized carbons (Fsp3) is 0.222. The van der Waals surface area contributed by atoms with E-state index in [9.17, 15) is 13.9 Å². The fourth-order valence-corrected chi connectivity index (χ4v) is 4.16. The van der Waals surface area contributed by atoms with E-state index < -0.39 is 28.9 Å². The Balaban J connectivity index is 2.05. The van der Waals surface area contributed by atoms with Crippen molar-refractivity contribution < 1.29 is 18.6 Å². The number of aliphatic hydroxyl groups excluding tert-OH is 1. The molecular formula is C18H15ClF2O2S. The van der Waals surface area contributed by atoms with Gasteiger partial charge in [0, 0.05) is 26.6 Å². The van der Waals surface area contributed by atoms with Gasteiger partial charge in [0.1, 0.15) is 5.82 Å². The topological polar surface area (TPSA) is 29.5 Å². The minimum absolute atomic E-state index is 0.0752. The number of benzene rings is 2. The highest BCUT2D eigenvalue weighted by atomic mass is 35.5. The van der Waals surface area contributed by atoms with Crippen LogP contribution in [0.3, 0.4) is 0 Å². The molecule has 1 aliphatic heterocycles. The number of halogens is 3. The molecule has 0 saturated heterocycles. The third-order valence-corrected chi connectivity index (χ3v) is 5.58. The second-order valence-electron chi connectivity index (χ2n) is 5.47. The Morgan fingerprint density at radius 3 is 2.54 bits per heavy atom. The first-order valence-electron chi connectivity index (χ1n) is 7.34. The molecule has 0 aromatic heterocycles. The Labute approximate surface area is 148 Å². The van der Waals surface area contributed by atoms with Gasteiger partial charge in [0.25, 0.3) is 0 Å². The molecule has 0 saturated carbocycles. The first-order chi connectivity index (χ1) is 11.5. The average Bonchev–Trinajstić information content (AvgIpc) is 2.59. The van der Waals surface area contributed by atoms with E-state index >= 15 is 0 Å². The van der Waals surface area contributed by atoms with Crippen LogP contribution in [-0.4, -0.2) is 17.8 Å². The maximum Gasteiger partial charge on any atom is 0.165 e. The van der Waals surface area contributed by atoms with Crippen molar-refractivity contribution in [2.45, 2.75) is 16.2 Å². The highest BCUT2D eigenvalue weighted by molar-refractivity contribution is 7.99. The maximum atomic E-state index is 14.4. The molecule has 0 amide bonds. The van der Waals surface area contributed by atoms with Crippen LogP contribution >= 0.6 is 23.4 Å². The number of ether oxygens (including phenoxy) is 1. The lowest BCUT2D eigenvalue weighted by Gasteiger charge is -2.35. The van der Waals surface area contributed by atoms with Crippen LogP contribution in [0.4, 0.5) is 8.78 Å². The Morgan fingerprint density at radius 1 is 1.21 bits per heavy atom. The Kier molecular flexibility index (Phi) is 5.13. The second kappa shape index (κ2) is 7.13. The maximum absolute atomic E-state index is 14.4. The molecule has 0 bridgehead atoms. The Morgan fingerprint density at radius 2 is 1.88 bits per heavy atom. The summed E-state index contributed by atoms with van der Waals surface area (Å²) in [5, 5.41) is 10.3. The normalized spacial score (nSPS) is 20.8. The van der Waals surface area contributed by atoms with Crippen LogP contribution in [0.5, 0.6) is 5.75 Å². The van der Waals surface area contributed by atoms with E-state index in [4.69, 9.17) is 16.3 Å². The van der Waals surface area contributed by atoms with Crippen LogP contribution in [0.15, 0.2) is 53.9 Å². The van der Waals surface area contributed by atoms with Crippen LogP contribution in [0.25, 0.3) is 0 Å². The van der Waals surface area contributed by atoms with Gasteiger partial charge in [-0.15, -0.1) is 18.3 Å². The number of hydrogen-bond acceptors (Lipinski definition) is 3. The molecule has 3 rings (SSSR count). The van der Waals surface area contributed by atoms with Gasteiger partial charge >= 0.3 is 0 Å². The van der Waals surface area contributed by atoms with Crippen molar-refractivity contribution in [3.05, 3.63) is 71.3 Å². The molecular weight excluding hydrogens is 354 g/mol. The molecule has 6 heteroatoms.